The van der Waals surface area contributed by atoms with Crippen LogP contribution in [0.3, 0.4) is 0 Å². The van der Waals surface area contributed by atoms with Crippen molar-refractivity contribution in [3.63, 3.8) is 0 Å². The van der Waals surface area contributed by atoms with Gasteiger partial charge in [-0.05, 0) is 217 Å². The molecule has 2 aliphatic carbocycles. The van der Waals surface area contributed by atoms with Crippen molar-refractivity contribution in [1.82, 2.24) is 0 Å². The Balaban J connectivity index is 0.000000191. The number of carbonyl (C=O) groups excluding carboxylic acids is 2. The molecular formula is C88H92BrF4N5O14S9. The minimum Gasteiger partial charge on any atom is -0.478 e. The highest BCUT2D eigenvalue weighted by atomic mass is 79.9. The van der Waals surface area contributed by atoms with Crippen molar-refractivity contribution >= 4 is 206 Å². The molecule has 5 N–H and O–H groups in total. The summed E-state index contributed by atoms with van der Waals surface area (Å²) >= 11 is 10.1. The first-order valence-electron chi connectivity index (χ1n) is 36.1. The smallest absolute Gasteiger partial charge is 0.337 e. The van der Waals surface area contributed by atoms with E-state index in [4.69, 9.17) is 10.8 Å². The fourth-order valence-corrected chi connectivity index (χ4v) is 25.1. The number of carboxylic acid groups (broad SMARTS) is 1. The maximum absolute atomic E-state index is 14.8. The largest absolute Gasteiger partial charge is 0.478 e. The molecule has 9 aromatic carbocycles. The molecule has 0 aliphatic heterocycles. The zero-order chi connectivity index (χ0) is 84.2. The zero-order valence-electron chi connectivity index (χ0n) is 63.6. The third-order valence-corrected chi connectivity index (χ3v) is 33.0. The number of nitrogens with two attached hydrogens (primary N) is 1. The number of aromatic carboxylic acids is 1. The Morgan fingerprint density at radius 1 is 0.421 bits per heavy atom. The van der Waals surface area contributed by atoms with Crippen LogP contribution in [0.5, 0.6) is 0 Å². The number of carboxylic acids is 1. The number of nitrogens with one attached hydrogen (secondary N) is 2. The van der Waals surface area contributed by atoms with Crippen LogP contribution in [0, 0.1) is 69.7 Å². The molecule has 0 amide bonds. The Kier molecular flexibility index (Phi) is 32.3. The van der Waals surface area contributed by atoms with E-state index in [0.29, 0.717) is 49.3 Å². The Morgan fingerprint density at radius 2 is 0.719 bits per heavy atom. The minimum atomic E-state index is -4.19. The quantitative estimate of drug-likeness (QED) is 0.0384. The fraction of sp³-hybridized carbons (Fsp3) is 0.239. The number of methoxy groups -OCH3 is 2. The van der Waals surface area contributed by atoms with E-state index in [9.17, 15) is 65.6 Å². The van der Waals surface area contributed by atoms with Gasteiger partial charge in [0.15, 0.2) is 0 Å². The number of hydrogen-bond donors (Lipinski definition) is 4. The van der Waals surface area contributed by atoms with Crippen LogP contribution in [0.15, 0.2) is 218 Å². The van der Waals surface area contributed by atoms with Crippen molar-refractivity contribution in [2.24, 2.45) is 11.8 Å². The Labute approximate surface area is 731 Å². The van der Waals surface area contributed by atoms with Crippen LogP contribution in [0.2, 0.25) is 0 Å². The summed E-state index contributed by atoms with van der Waals surface area (Å²) < 4.78 is 184. The molecule has 16 rings (SSSR count). The summed E-state index contributed by atoms with van der Waals surface area (Å²) in [5.41, 5.74) is 9.92. The molecule has 14 aromatic rings. The number of fused-ring (bicyclic) bond motifs is 5. The summed E-state index contributed by atoms with van der Waals surface area (Å²) in [6, 6.07) is 52.1. The summed E-state index contributed by atoms with van der Waals surface area (Å²) in [7, 11) is -14.1. The number of anilines is 5. The number of carbonyl (C=O) groups is 3. The van der Waals surface area contributed by atoms with Gasteiger partial charge < -0.3 is 20.3 Å². The Morgan fingerprint density at radius 3 is 1.03 bits per heavy atom. The molecule has 2 fully saturated rings. The van der Waals surface area contributed by atoms with E-state index in [1.807, 2.05) is 130 Å². The van der Waals surface area contributed by atoms with Crippen LogP contribution in [0.25, 0.3) is 50.4 Å². The van der Waals surface area contributed by atoms with Crippen molar-refractivity contribution in [2.75, 3.05) is 51.1 Å². The number of esters is 2. The van der Waals surface area contributed by atoms with Crippen LogP contribution in [-0.2, 0) is 49.6 Å². The van der Waals surface area contributed by atoms with E-state index in [-0.39, 0.29) is 57.8 Å². The predicted molar refractivity (Wildman–Crippen MR) is 492 cm³/mol. The normalized spacial score (nSPS) is 12.4. The molecule has 2 saturated carbocycles. The van der Waals surface area contributed by atoms with Gasteiger partial charge >= 0.3 is 17.9 Å². The van der Waals surface area contributed by atoms with Gasteiger partial charge in [0, 0.05) is 41.1 Å². The Hall–Kier alpha value is -9.81. The van der Waals surface area contributed by atoms with Gasteiger partial charge in [-0.3, -0.25) is 18.1 Å². The average Bonchev–Trinajstić information content (AvgIpc) is 1.62. The third-order valence-electron chi connectivity index (χ3n) is 19.5. The summed E-state index contributed by atoms with van der Waals surface area (Å²) in [5.74, 6) is -5.58. The first-order chi connectivity index (χ1) is 55.6. The highest BCUT2D eigenvalue weighted by molar-refractivity contribution is 9.10. The lowest BCUT2D eigenvalue weighted by molar-refractivity contribution is 0.0591. The predicted octanol–water partition coefficient (Wildman–Crippen LogP) is 24.4. The van der Waals surface area contributed by atoms with E-state index in [1.165, 1.54) is 101 Å². The summed E-state index contributed by atoms with van der Waals surface area (Å²) in [4.78, 5) is 32.3. The molecule has 0 spiro atoms. The number of nitrogen functional groups attached to an aromatic ring is 1. The second kappa shape index (κ2) is 40.5. The molecule has 0 atom stereocenters. The summed E-state index contributed by atoms with van der Waals surface area (Å²) in [6.07, 6.45) is 5.81. The number of thiophene rings is 5. The van der Waals surface area contributed by atoms with E-state index in [1.54, 1.807) is 18.3 Å². The minimum absolute atomic E-state index is 0. The van der Waals surface area contributed by atoms with E-state index in [0.717, 1.165) is 155 Å². The molecule has 33 heteroatoms. The van der Waals surface area contributed by atoms with Gasteiger partial charge in [-0.15, -0.1) is 56.7 Å². The molecule has 19 nitrogen and oxygen atoms in total. The van der Waals surface area contributed by atoms with E-state index < -0.39 is 96.0 Å². The number of sulfonamides is 4. The summed E-state index contributed by atoms with van der Waals surface area (Å²) in [6.45, 7) is 10.0. The number of benzene rings is 9. The lowest BCUT2D eigenvalue weighted by atomic mass is 10.2. The van der Waals surface area contributed by atoms with Gasteiger partial charge in [-0.2, -0.15) is 0 Å². The van der Waals surface area contributed by atoms with E-state index in [2.05, 4.69) is 53.9 Å². The van der Waals surface area contributed by atoms with Crippen molar-refractivity contribution in [3.05, 3.63) is 266 Å². The molecule has 0 radical (unpaired) electrons. The zero-order valence-corrected chi connectivity index (χ0v) is 72.5. The molecule has 0 unspecified atom stereocenters. The van der Waals surface area contributed by atoms with Gasteiger partial charge in [-0.25, -0.2) is 65.6 Å². The first-order valence-corrected chi connectivity index (χ1v) is 46.8. The average molecular weight is 1890 g/mol. The second-order valence-electron chi connectivity index (χ2n) is 27.4. The molecule has 0 saturated heterocycles. The van der Waals surface area contributed by atoms with Crippen molar-refractivity contribution in [2.45, 2.75) is 122 Å². The van der Waals surface area contributed by atoms with Crippen molar-refractivity contribution < 1.29 is 80.2 Å². The fourth-order valence-electron chi connectivity index (χ4n) is 12.7. The van der Waals surface area contributed by atoms with Gasteiger partial charge in [-0.1, -0.05) is 162 Å². The highest BCUT2D eigenvalue weighted by Gasteiger charge is 2.36. The lowest BCUT2D eigenvalue weighted by Gasteiger charge is -2.24. The summed E-state index contributed by atoms with van der Waals surface area (Å²) in [5, 5.41) is 17.3. The first kappa shape index (κ1) is 96.6. The standard InChI is InChI=1S/C22H22FNO4S2.C21H20FNO4S2.C17H14FNO4S2.C15H11BrFNO2S2.C9H9NS.4CH4/c1-14-17-5-3-4-6-19(17)29-21(14)24(12-11-15-7-8-15)30(26,27)20-10-9-16(13-18(20)23)22(25)28-2;1-13-16-4-2-3-5-18(16)28-20(13)23(11-10-14-6-7-14)29(26,27)19-9-8-15(21(24)25)12-17(19)22;1-10-12-5-3-4-6-14(12)24-16(10)19-25(21,22)15-8-7-11(9-13(15)18)17(20)23-2;1-9-11-4-2-3-5-13(11)21-15(9)18-22(19,20)14-7-6-10(16)8-12(14)17;1-6-7-4-2-3-5-8(7)11-9(6)10;;;;/h3-6,9-10,13,15H,7-8,11-12H2,1-2H3;2-5,8-9,12,14H,6-7,10-11H2,1H3,(H,24,25);3-9,19H,1-2H3;2-8,18H,1H3;2-5H,10H2,1H3;4*1H4. The van der Waals surface area contributed by atoms with Crippen LogP contribution >= 0.6 is 72.6 Å². The van der Waals surface area contributed by atoms with Crippen LogP contribution in [0.1, 0.15) is 127 Å². The van der Waals surface area contributed by atoms with Crippen molar-refractivity contribution in [1.29, 1.82) is 0 Å². The van der Waals surface area contributed by atoms with E-state index >= 15 is 0 Å². The SMILES string of the molecule is C.C.C.C.COC(=O)c1ccc(S(=O)(=O)N(CCC2CC2)c2sc3ccccc3c2C)c(F)c1.COC(=O)c1ccc(S(=O)(=O)Nc2sc3ccccc3c2C)c(F)c1.Cc1c(N(CCC2CC2)S(=O)(=O)c2ccc(C(=O)O)cc2F)sc2ccccc12.Cc1c(N)sc2ccccc12.Cc1c(NS(=O)(=O)c2ccc(Br)cc2F)sc2ccccc12. The third kappa shape index (κ3) is 21.8. The topological polar surface area (TPSA) is 283 Å². The number of hydrogen-bond acceptors (Lipinski definition) is 19. The highest BCUT2D eigenvalue weighted by Crippen LogP contribution is 2.46. The molecule has 5 aromatic heterocycles. The molecule has 121 heavy (non-hydrogen) atoms. The van der Waals surface area contributed by atoms with Gasteiger partial charge in [0.25, 0.3) is 40.1 Å². The Bertz CT molecular complexity index is 6640. The van der Waals surface area contributed by atoms with Crippen LogP contribution in [0.4, 0.5) is 42.6 Å². The molecule has 5 heterocycles. The number of rotatable bonds is 21. The van der Waals surface area contributed by atoms with Gasteiger partial charge in [0.1, 0.15) is 62.9 Å². The molecule has 2 aliphatic rings. The maximum Gasteiger partial charge on any atom is 0.337 e. The lowest BCUT2D eigenvalue weighted by Crippen LogP contribution is -2.32. The van der Waals surface area contributed by atoms with Crippen LogP contribution in [-0.4, -0.2) is 84.0 Å². The van der Waals surface area contributed by atoms with Crippen LogP contribution < -0.4 is 23.8 Å². The number of ether oxygens (including phenoxy) is 2. The second-order valence-corrected chi connectivity index (χ2v) is 40.5. The van der Waals surface area contributed by atoms with Gasteiger partial charge in [0.2, 0.25) is 0 Å². The number of halogens is 5. The molecular weight excluding hydrogens is 1800 g/mol. The number of aryl methyl sites for hydroxylation is 5. The van der Waals surface area contributed by atoms with Crippen molar-refractivity contribution in [3.8, 4) is 0 Å². The maximum atomic E-state index is 14.8. The number of nitrogens with zero attached hydrogens (tertiary/aromatic N) is 2. The molecule has 0 bridgehead atoms. The molecule has 642 valence electrons. The van der Waals surface area contributed by atoms with Gasteiger partial charge in [0.05, 0.1) is 35.9 Å². The monoisotopic (exact) mass is 1890 g/mol.